The van der Waals surface area contributed by atoms with E-state index in [1.54, 1.807) is 31.3 Å². The van der Waals surface area contributed by atoms with Crippen LogP contribution in [0, 0.1) is 0 Å². The molecule has 1 atom stereocenters. The Morgan fingerprint density at radius 1 is 1.00 bits per heavy atom. The normalized spacial score (nSPS) is 14.6. The van der Waals surface area contributed by atoms with E-state index in [0.29, 0.717) is 22.6 Å². The molecule has 2 aromatic carbocycles. The summed E-state index contributed by atoms with van der Waals surface area (Å²) in [6.07, 6.45) is 0.0564. The van der Waals surface area contributed by atoms with Crippen molar-refractivity contribution in [2.75, 3.05) is 0 Å². The average Bonchev–Trinajstić information content (AvgIpc) is 2.80. The van der Waals surface area contributed by atoms with Gasteiger partial charge in [-0.3, -0.25) is 18.7 Å². The molecule has 1 aliphatic rings. The molecule has 0 spiro atoms. The number of aromatic nitrogens is 3. The number of carbonyl (C=O) groups excluding carboxylic acids is 1. The maximum absolute atomic E-state index is 13.1. The van der Waals surface area contributed by atoms with Gasteiger partial charge in [-0.25, -0.2) is 9.78 Å². The van der Waals surface area contributed by atoms with E-state index in [4.69, 9.17) is 4.74 Å². The molecule has 7 heteroatoms. The largest absolute Gasteiger partial charge is 0.421 e. The molecule has 2 aromatic heterocycles. The molecule has 154 valence electrons. The van der Waals surface area contributed by atoms with Crippen molar-refractivity contribution < 1.29 is 9.53 Å². The summed E-state index contributed by atoms with van der Waals surface area (Å²) in [5, 5.41) is 0.882. The molecule has 0 radical (unpaired) electrons. The van der Waals surface area contributed by atoms with Gasteiger partial charge < -0.3 is 4.74 Å². The zero-order valence-electron chi connectivity index (χ0n) is 17.0. The van der Waals surface area contributed by atoms with Crippen LogP contribution in [0.3, 0.4) is 0 Å². The summed E-state index contributed by atoms with van der Waals surface area (Å²) < 4.78 is 8.31. The number of ketones is 1. The Morgan fingerprint density at radius 3 is 2.48 bits per heavy atom. The quantitative estimate of drug-likeness (QED) is 0.482. The van der Waals surface area contributed by atoms with Crippen molar-refractivity contribution >= 4 is 16.7 Å². The first kappa shape index (κ1) is 19.0. The molecule has 4 aromatic rings. The van der Waals surface area contributed by atoms with Crippen LogP contribution in [0.4, 0.5) is 0 Å². The summed E-state index contributed by atoms with van der Waals surface area (Å²) in [5.74, 6) is -0.253. The minimum atomic E-state index is -0.589. The summed E-state index contributed by atoms with van der Waals surface area (Å²) >= 11 is 0. The van der Waals surface area contributed by atoms with Gasteiger partial charge in [-0.1, -0.05) is 48.5 Å². The zero-order chi connectivity index (χ0) is 21.7. The summed E-state index contributed by atoms with van der Waals surface area (Å²) in [6.45, 7) is 0. The maximum Gasteiger partial charge on any atom is 0.333 e. The molecule has 1 unspecified atom stereocenters. The van der Waals surface area contributed by atoms with Crippen LogP contribution >= 0.6 is 0 Å². The number of hydrogen-bond acceptors (Lipinski definition) is 5. The number of para-hydroxylation sites is 1. The monoisotopic (exact) mass is 413 g/mol. The predicted octanol–water partition coefficient (Wildman–Crippen LogP) is 3.14. The van der Waals surface area contributed by atoms with Crippen molar-refractivity contribution in [3.8, 4) is 11.8 Å². The Balaban J connectivity index is 1.75. The van der Waals surface area contributed by atoms with Gasteiger partial charge in [-0.05, 0) is 12.1 Å². The van der Waals surface area contributed by atoms with Gasteiger partial charge in [0.05, 0.1) is 11.1 Å². The smallest absolute Gasteiger partial charge is 0.333 e. The molecule has 1 aliphatic heterocycles. The lowest BCUT2D eigenvalue weighted by Gasteiger charge is -2.28. The minimum Gasteiger partial charge on any atom is -0.421 e. The number of ether oxygens (including phenoxy) is 1. The molecule has 7 nitrogen and oxygen atoms in total. The molecular formula is C24H19N3O4. The Hall–Kier alpha value is -4.00. The second kappa shape index (κ2) is 7.05. The average molecular weight is 413 g/mol. The highest BCUT2D eigenvalue weighted by Gasteiger charge is 2.35. The standard InChI is InChI=1S/C24H19N3O4/c1-26-22(29)20-16(13-19(28)14-8-4-3-5-9-14)17-12-15-10-6-7-11-18(15)25-21(17)31-23(20)27(2)24(26)30/h3-12,16H,13H2,1-2H3. The second-order valence-corrected chi connectivity index (χ2v) is 7.65. The van der Waals surface area contributed by atoms with Gasteiger partial charge in [0.2, 0.25) is 11.8 Å². The molecule has 0 saturated carbocycles. The van der Waals surface area contributed by atoms with Gasteiger partial charge in [0.25, 0.3) is 5.56 Å². The van der Waals surface area contributed by atoms with Crippen molar-refractivity contribution in [2.45, 2.75) is 12.3 Å². The van der Waals surface area contributed by atoms with Gasteiger partial charge in [-0.2, -0.15) is 0 Å². The Morgan fingerprint density at radius 2 is 1.71 bits per heavy atom. The molecule has 0 bridgehead atoms. The zero-order valence-corrected chi connectivity index (χ0v) is 17.0. The van der Waals surface area contributed by atoms with Crippen molar-refractivity contribution in [2.24, 2.45) is 14.1 Å². The molecular weight excluding hydrogens is 394 g/mol. The summed E-state index contributed by atoms with van der Waals surface area (Å²) in [5.41, 5.74) is 1.27. The highest BCUT2D eigenvalue weighted by atomic mass is 16.5. The van der Waals surface area contributed by atoms with Crippen molar-refractivity contribution in [1.29, 1.82) is 0 Å². The number of hydrogen-bond donors (Lipinski definition) is 0. The maximum atomic E-state index is 13.1. The van der Waals surface area contributed by atoms with Crippen LogP contribution in [-0.2, 0) is 14.1 Å². The van der Waals surface area contributed by atoms with Gasteiger partial charge in [0, 0.05) is 42.9 Å². The van der Waals surface area contributed by atoms with Crippen LogP contribution in [0.15, 0.2) is 70.3 Å². The lowest BCUT2D eigenvalue weighted by atomic mass is 9.85. The summed E-state index contributed by atoms with van der Waals surface area (Å²) in [7, 11) is 2.97. The fourth-order valence-corrected chi connectivity index (χ4v) is 4.11. The number of fused-ring (bicyclic) bond motifs is 3. The van der Waals surface area contributed by atoms with E-state index in [-0.39, 0.29) is 18.1 Å². The molecule has 3 heterocycles. The fourth-order valence-electron chi connectivity index (χ4n) is 4.11. The number of benzene rings is 2. The SMILES string of the molecule is Cn1c2c(c(=O)n(C)c1=O)C(CC(=O)c1ccccc1)c1cc3ccccc3nc1O2. The Kier molecular flexibility index (Phi) is 4.32. The van der Waals surface area contributed by atoms with Gasteiger partial charge in [0.1, 0.15) is 0 Å². The number of nitrogens with zero attached hydrogens (tertiary/aromatic N) is 3. The highest BCUT2D eigenvalue weighted by molar-refractivity contribution is 5.97. The highest BCUT2D eigenvalue weighted by Crippen LogP contribution is 2.44. The van der Waals surface area contributed by atoms with E-state index < -0.39 is 17.2 Å². The molecule has 5 rings (SSSR count). The number of rotatable bonds is 3. The van der Waals surface area contributed by atoms with E-state index in [1.165, 1.54) is 11.6 Å². The summed E-state index contributed by atoms with van der Waals surface area (Å²) in [6, 6.07) is 18.4. The third-order valence-electron chi connectivity index (χ3n) is 5.76. The van der Waals surface area contributed by atoms with Gasteiger partial charge in [-0.15, -0.1) is 0 Å². The number of pyridine rings is 1. The third kappa shape index (κ3) is 2.97. The minimum absolute atomic E-state index is 0.0564. The van der Waals surface area contributed by atoms with Crippen molar-refractivity contribution in [1.82, 2.24) is 14.1 Å². The van der Waals surface area contributed by atoms with Crippen molar-refractivity contribution in [3.63, 3.8) is 0 Å². The van der Waals surface area contributed by atoms with Crippen LogP contribution in [0.1, 0.15) is 33.8 Å². The summed E-state index contributed by atoms with van der Waals surface area (Å²) in [4.78, 5) is 43.3. The van der Waals surface area contributed by atoms with E-state index in [2.05, 4.69) is 4.98 Å². The first-order chi connectivity index (χ1) is 15.0. The topological polar surface area (TPSA) is 83.2 Å². The molecule has 0 amide bonds. The molecule has 0 saturated heterocycles. The number of Topliss-reactive ketones (excluding diaryl/α,β-unsaturated/α-hetero) is 1. The fraction of sp³-hybridized carbons (Fsp3) is 0.167. The number of carbonyl (C=O) groups is 1. The second-order valence-electron chi connectivity index (χ2n) is 7.65. The lowest BCUT2D eigenvalue weighted by Crippen LogP contribution is -2.41. The van der Waals surface area contributed by atoms with Crippen LogP contribution in [0.2, 0.25) is 0 Å². The lowest BCUT2D eigenvalue weighted by molar-refractivity contribution is 0.0976. The van der Waals surface area contributed by atoms with Crippen LogP contribution in [0.25, 0.3) is 10.9 Å². The Labute approximate surface area is 177 Å². The first-order valence-corrected chi connectivity index (χ1v) is 9.91. The van der Waals surface area contributed by atoms with E-state index in [9.17, 15) is 14.4 Å². The van der Waals surface area contributed by atoms with E-state index >= 15 is 0 Å². The molecule has 0 aliphatic carbocycles. The first-order valence-electron chi connectivity index (χ1n) is 9.91. The molecule has 31 heavy (non-hydrogen) atoms. The Bertz CT molecular complexity index is 1470. The van der Waals surface area contributed by atoms with Crippen LogP contribution < -0.4 is 16.0 Å². The van der Waals surface area contributed by atoms with E-state index in [1.807, 2.05) is 36.4 Å². The van der Waals surface area contributed by atoms with Crippen LogP contribution in [0.5, 0.6) is 11.8 Å². The van der Waals surface area contributed by atoms with E-state index in [0.717, 1.165) is 15.5 Å². The predicted molar refractivity (Wildman–Crippen MR) is 116 cm³/mol. The van der Waals surface area contributed by atoms with Crippen LogP contribution in [-0.4, -0.2) is 19.9 Å². The van der Waals surface area contributed by atoms with Crippen molar-refractivity contribution in [3.05, 3.63) is 98.2 Å². The van der Waals surface area contributed by atoms with Gasteiger partial charge in [0.15, 0.2) is 5.78 Å². The third-order valence-corrected chi connectivity index (χ3v) is 5.76. The molecule has 0 fully saturated rings. The molecule has 0 N–H and O–H groups in total. The van der Waals surface area contributed by atoms with Gasteiger partial charge >= 0.3 is 5.69 Å².